The van der Waals surface area contributed by atoms with E-state index in [1.807, 2.05) is 0 Å². The highest BCUT2D eigenvalue weighted by atomic mass is 28.4. The molecule has 5 atom stereocenters. The first-order valence-corrected chi connectivity index (χ1v) is 21.7. The van der Waals surface area contributed by atoms with Gasteiger partial charge in [0.05, 0.1) is 19.3 Å². The Morgan fingerprint density at radius 3 is 2.23 bits per heavy atom. The molecule has 3 aliphatic rings. The summed E-state index contributed by atoms with van der Waals surface area (Å²) in [6.07, 6.45) is 21.0. The number of ether oxygens (including phenoxy) is 1. The molecule has 40 heavy (non-hydrogen) atoms. The maximum atomic E-state index is 11.5. The van der Waals surface area contributed by atoms with Crippen LogP contribution in [0.5, 0.6) is 0 Å². The minimum Gasteiger partial charge on any atom is -0.469 e. The molecule has 0 amide bonds. The van der Waals surface area contributed by atoms with Crippen LogP contribution in [-0.2, 0) is 18.4 Å². The van der Waals surface area contributed by atoms with Crippen molar-refractivity contribution in [3.8, 4) is 0 Å². The molecule has 0 unspecified atom stereocenters. The van der Waals surface area contributed by atoms with Gasteiger partial charge in [-0.2, -0.15) is 0 Å². The van der Waals surface area contributed by atoms with E-state index in [9.17, 15) is 4.79 Å². The molecule has 0 radical (unpaired) electrons. The summed E-state index contributed by atoms with van der Waals surface area (Å²) in [5.41, 5.74) is 1.41. The van der Waals surface area contributed by atoms with E-state index >= 15 is 0 Å². The average Bonchev–Trinajstić information content (AvgIpc) is 3.55. The number of methoxy groups -OCH3 is 1. The number of rotatable bonds is 11. The van der Waals surface area contributed by atoms with E-state index in [2.05, 4.69) is 98.1 Å². The predicted octanol–water partition coefficient (Wildman–Crippen LogP) is 9.61. The lowest BCUT2D eigenvalue weighted by atomic mass is 9.88. The van der Waals surface area contributed by atoms with Gasteiger partial charge in [-0.15, -0.1) is 0 Å². The zero-order valence-corrected chi connectivity index (χ0v) is 29.6. The molecular weight excluding hydrogens is 529 g/mol. The summed E-state index contributed by atoms with van der Waals surface area (Å²) in [4.78, 5) is 11.5. The van der Waals surface area contributed by atoms with Gasteiger partial charge in [-0.05, 0) is 86.1 Å². The van der Waals surface area contributed by atoms with Crippen molar-refractivity contribution in [3.05, 3.63) is 36.0 Å². The first kappa shape index (κ1) is 33.5. The Bertz CT molecular complexity index is 944. The lowest BCUT2D eigenvalue weighted by Crippen LogP contribution is -2.45. The van der Waals surface area contributed by atoms with Crippen LogP contribution in [0.4, 0.5) is 0 Å². The fraction of sp³-hybridized carbons (Fsp3) is 0.794. The van der Waals surface area contributed by atoms with E-state index in [-0.39, 0.29) is 28.3 Å². The second-order valence-corrected chi connectivity index (χ2v) is 25.3. The van der Waals surface area contributed by atoms with Crippen LogP contribution in [0.25, 0.3) is 0 Å². The van der Waals surface area contributed by atoms with Crippen molar-refractivity contribution in [1.29, 1.82) is 0 Å². The Balaban J connectivity index is 1.84. The Kier molecular flexibility index (Phi) is 11.0. The van der Waals surface area contributed by atoms with Gasteiger partial charge >= 0.3 is 5.97 Å². The van der Waals surface area contributed by atoms with Crippen LogP contribution < -0.4 is 0 Å². The third kappa shape index (κ3) is 8.32. The lowest BCUT2D eigenvalue weighted by molar-refractivity contribution is -0.140. The third-order valence-electron chi connectivity index (χ3n) is 10.8. The zero-order chi connectivity index (χ0) is 29.9. The molecule has 4 nitrogen and oxygen atoms in total. The average molecular weight is 589 g/mol. The molecule has 0 aromatic rings. The first-order chi connectivity index (χ1) is 18.4. The highest BCUT2D eigenvalue weighted by molar-refractivity contribution is 6.74. The van der Waals surface area contributed by atoms with E-state index in [1.165, 1.54) is 38.4 Å². The molecule has 2 fully saturated rings. The molecule has 0 aliphatic heterocycles. The number of carbonyl (C=O) groups excluding carboxylic acids is 1. The lowest BCUT2D eigenvalue weighted by Gasteiger charge is -2.41. The summed E-state index contributed by atoms with van der Waals surface area (Å²) in [6.45, 7) is 23.7. The topological polar surface area (TPSA) is 44.8 Å². The van der Waals surface area contributed by atoms with Crippen LogP contribution in [0.3, 0.4) is 0 Å². The largest absolute Gasteiger partial charge is 0.469 e. The highest BCUT2D eigenvalue weighted by Crippen LogP contribution is 2.51. The Morgan fingerprint density at radius 1 is 1.02 bits per heavy atom. The molecule has 2 saturated carbocycles. The molecule has 6 heteroatoms. The van der Waals surface area contributed by atoms with Crippen LogP contribution in [-0.4, -0.2) is 41.9 Å². The quantitative estimate of drug-likeness (QED) is 0.137. The fourth-order valence-corrected chi connectivity index (χ4v) is 8.87. The number of fused-ring (bicyclic) bond motifs is 1. The van der Waals surface area contributed by atoms with Crippen molar-refractivity contribution in [2.75, 3.05) is 7.11 Å². The van der Waals surface area contributed by atoms with Gasteiger partial charge in [0.2, 0.25) is 0 Å². The molecule has 0 spiro atoms. The van der Waals surface area contributed by atoms with Crippen LogP contribution in [0.15, 0.2) is 36.0 Å². The highest BCUT2D eigenvalue weighted by Gasteiger charge is 2.49. The van der Waals surface area contributed by atoms with Gasteiger partial charge in [-0.3, -0.25) is 4.79 Å². The SMILES string of the molecule is COC(=O)CCC=CC1=C[C@H]2C[C@@H](O[Si](C)(C)C(C)(C)C)[C@@H](C=C[C@@H](O[Si](C)(C)C(C)(C)C)C3CCCC3)[C@H]2C1. The minimum absolute atomic E-state index is 0.144. The summed E-state index contributed by atoms with van der Waals surface area (Å²) in [5, 5.41) is 0.398. The summed E-state index contributed by atoms with van der Waals surface area (Å²) >= 11 is 0. The smallest absolute Gasteiger partial charge is 0.305 e. The van der Waals surface area contributed by atoms with E-state index in [0.29, 0.717) is 30.1 Å². The zero-order valence-electron chi connectivity index (χ0n) is 27.6. The molecule has 3 aliphatic carbocycles. The van der Waals surface area contributed by atoms with Gasteiger partial charge in [0.15, 0.2) is 16.6 Å². The molecule has 0 N–H and O–H groups in total. The summed E-state index contributed by atoms with van der Waals surface area (Å²) in [5.74, 6) is 2.02. The van der Waals surface area contributed by atoms with E-state index in [1.54, 1.807) is 0 Å². The van der Waals surface area contributed by atoms with Gasteiger partial charge in [0.1, 0.15) is 0 Å². The summed E-state index contributed by atoms with van der Waals surface area (Å²) in [7, 11) is -2.33. The van der Waals surface area contributed by atoms with Crippen LogP contribution >= 0.6 is 0 Å². The van der Waals surface area contributed by atoms with Gasteiger partial charge in [0.25, 0.3) is 0 Å². The normalized spacial score (nSPS) is 27.5. The van der Waals surface area contributed by atoms with Crippen molar-refractivity contribution in [3.63, 3.8) is 0 Å². The van der Waals surface area contributed by atoms with E-state index < -0.39 is 16.6 Å². The van der Waals surface area contributed by atoms with Crippen LogP contribution in [0.2, 0.25) is 36.3 Å². The third-order valence-corrected chi connectivity index (χ3v) is 19.8. The number of carbonyl (C=O) groups is 1. The van der Waals surface area contributed by atoms with E-state index in [4.69, 9.17) is 13.6 Å². The number of esters is 1. The van der Waals surface area contributed by atoms with Crippen molar-refractivity contribution in [2.45, 2.75) is 141 Å². The summed E-state index contributed by atoms with van der Waals surface area (Å²) < 4.78 is 19.1. The standard InChI is InChI=1S/C34H60O4Si2/c1-33(2,3)39(8,9)37-30(26-17-13-14-18-26)21-20-28-29-23-25(16-12-15-19-32(35)36-7)22-27(29)24-31(28)38-40(10,11)34(4,5)6/h12,16,20-22,26-31H,13-15,17-19,23-24H2,1-11H3/t27-,28-,29-,30+,31+/m0/s1. The molecule has 0 aromatic carbocycles. The fourth-order valence-electron chi connectivity index (χ4n) is 6.20. The molecule has 0 heterocycles. The van der Waals surface area contributed by atoms with Crippen LogP contribution in [0.1, 0.15) is 92.9 Å². The Labute approximate surface area is 248 Å². The van der Waals surface area contributed by atoms with Crippen LogP contribution in [0, 0.1) is 23.7 Å². The first-order valence-electron chi connectivity index (χ1n) is 15.9. The van der Waals surface area contributed by atoms with Gasteiger partial charge in [-0.1, -0.05) is 90.3 Å². The second kappa shape index (κ2) is 13.1. The maximum absolute atomic E-state index is 11.5. The van der Waals surface area contributed by atoms with Crippen molar-refractivity contribution in [1.82, 2.24) is 0 Å². The Hall–Kier alpha value is -0.956. The number of allylic oxidation sites excluding steroid dienone is 4. The molecule has 0 bridgehead atoms. The van der Waals surface area contributed by atoms with E-state index in [0.717, 1.165) is 19.3 Å². The van der Waals surface area contributed by atoms with Crippen molar-refractivity contribution >= 4 is 22.6 Å². The molecule has 0 saturated heterocycles. The molecular formula is C34H60O4Si2. The second-order valence-electron chi connectivity index (χ2n) is 15.8. The van der Waals surface area contributed by atoms with Crippen molar-refractivity contribution < 1.29 is 18.4 Å². The Morgan fingerprint density at radius 2 is 1.65 bits per heavy atom. The van der Waals surface area contributed by atoms with Gasteiger partial charge < -0.3 is 13.6 Å². The van der Waals surface area contributed by atoms with Gasteiger partial charge in [0, 0.05) is 12.3 Å². The predicted molar refractivity (Wildman–Crippen MR) is 173 cm³/mol. The maximum Gasteiger partial charge on any atom is 0.305 e. The van der Waals surface area contributed by atoms with Crippen molar-refractivity contribution in [2.24, 2.45) is 23.7 Å². The minimum atomic E-state index is -1.90. The van der Waals surface area contributed by atoms with Gasteiger partial charge in [-0.25, -0.2) is 0 Å². The molecule has 228 valence electrons. The summed E-state index contributed by atoms with van der Waals surface area (Å²) in [6, 6.07) is 0. The molecule has 3 rings (SSSR count). The monoisotopic (exact) mass is 588 g/mol. The number of hydrogen-bond acceptors (Lipinski definition) is 4. The number of hydrogen-bond donors (Lipinski definition) is 0. The molecule has 0 aromatic heterocycles.